The molecule has 0 bridgehead atoms. The minimum absolute atomic E-state index is 0.490. The fourth-order valence-electron chi connectivity index (χ4n) is 9.53. The Morgan fingerprint density at radius 1 is 0.328 bits per heavy atom. The summed E-state index contributed by atoms with van der Waals surface area (Å²) in [6.45, 7) is 0. The second kappa shape index (κ2) is 12.7. The highest BCUT2D eigenvalue weighted by Gasteiger charge is 2.50. The second-order valence-electron chi connectivity index (χ2n) is 15.3. The molecule has 1 aromatic heterocycles. The lowest BCUT2D eigenvalue weighted by molar-refractivity contribution is 0.436. The van der Waals surface area contributed by atoms with Gasteiger partial charge in [0.25, 0.3) is 0 Å². The number of ether oxygens (including phenoxy) is 1. The number of benzene rings is 9. The van der Waals surface area contributed by atoms with Crippen LogP contribution >= 0.6 is 0 Å². The van der Waals surface area contributed by atoms with E-state index in [1.807, 2.05) is 6.07 Å². The van der Waals surface area contributed by atoms with Crippen molar-refractivity contribution in [1.82, 2.24) is 9.97 Å². The Hall–Kier alpha value is -7.62. The minimum atomic E-state index is -0.490. The Bertz CT molecular complexity index is 3230. The number of hydrogen-bond donors (Lipinski definition) is 0. The SMILES string of the molecule is c1ccc(-c2cc(-c3ccc4c(ccc5ccccc54)c3)nc(-c3cccc(-c4ccc5c(c4)Oc4ccccc4C54c5ccccc5-c5ccccc54)c3)n2)cc1. The maximum atomic E-state index is 6.83. The highest BCUT2D eigenvalue weighted by atomic mass is 16.5. The van der Waals surface area contributed by atoms with E-state index in [0.717, 1.165) is 56.3 Å². The topological polar surface area (TPSA) is 35.0 Å². The van der Waals surface area contributed by atoms with Crippen LogP contribution in [0.1, 0.15) is 22.3 Å². The molecule has 2 aliphatic rings. The van der Waals surface area contributed by atoms with Crippen molar-refractivity contribution in [3.8, 4) is 67.7 Å². The first kappa shape index (κ1) is 32.6. The van der Waals surface area contributed by atoms with Gasteiger partial charge in [0.05, 0.1) is 16.8 Å². The zero-order valence-electron chi connectivity index (χ0n) is 31.4. The summed E-state index contributed by atoms with van der Waals surface area (Å²) in [5.41, 5.74) is 13.9. The van der Waals surface area contributed by atoms with Crippen molar-refractivity contribution in [3.05, 3.63) is 229 Å². The van der Waals surface area contributed by atoms with Crippen LogP contribution in [-0.2, 0) is 5.41 Å². The van der Waals surface area contributed by atoms with Crippen LogP contribution in [0.3, 0.4) is 0 Å². The zero-order valence-corrected chi connectivity index (χ0v) is 31.4. The number of para-hydroxylation sites is 1. The first-order valence-corrected chi connectivity index (χ1v) is 19.8. The summed E-state index contributed by atoms with van der Waals surface area (Å²) < 4.78 is 6.83. The first-order valence-electron chi connectivity index (χ1n) is 19.8. The summed E-state index contributed by atoms with van der Waals surface area (Å²) in [5, 5.41) is 4.91. The quantitative estimate of drug-likeness (QED) is 0.169. The molecule has 270 valence electrons. The molecule has 0 amide bonds. The highest BCUT2D eigenvalue weighted by molar-refractivity contribution is 6.08. The molecule has 9 aromatic carbocycles. The van der Waals surface area contributed by atoms with Gasteiger partial charge in [0.1, 0.15) is 11.5 Å². The van der Waals surface area contributed by atoms with Crippen molar-refractivity contribution in [2.24, 2.45) is 0 Å². The molecule has 1 aliphatic heterocycles. The maximum Gasteiger partial charge on any atom is 0.160 e. The lowest BCUT2D eigenvalue weighted by Crippen LogP contribution is -2.32. The van der Waals surface area contributed by atoms with E-state index in [-0.39, 0.29) is 0 Å². The number of rotatable bonds is 4. The van der Waals surface area contributed by atoms with Gasteiger partial charge in [-0.2, -0.15) is 0 Å². The van der Waals surface area contributed by atoms with Crippen LogP contribution in [0, 0.1) is 0 Å². The molecule has 3 nitrogen and oxygen atoms in total. The number of nitrogens with zero attached hydrogens (tertiary/aromatic N) is 2. The Morgan fingerprint density at radius 3 is 1.74 bits per heavy atom. The maximum absolute atomic E-state index is 6.83. The summed E-state index contributed by atoms with van der Waals surface area (Å²) in [6, 6.07) is 73.6. The predicted octanol–water partition coefficient (Wildman–Crippen LogP) is 13.9. The van der Waals surface area contributed by atoms with Crippen molar-refractivity contribution in [2.75, 3.05) is 0 Å². The third-order valence-electron chi connectivity index (χ3n) is 12.1. The lowest BCUT2D eigenvalue weighted by atomic mass is 9.66. The molecule has 2 heterocycles. The van der Waals surface area contributed by atoms with Gasteiger partial charge in [-0.3, -0.25) is 0 Å². The van der Waals surface area contributed by atoms with Crippen LogP contribution in [-0.4, -0.2) is 9.97 Å². The van der Waals surface area contributed by atoms with E-state index in [4.69, 9.17) is 14.7 Å². The molecule has 0 unspecified atom stereocenters. The van der Waals surface area contributed by atoms with Gasteiger partial charge in [-0.05, 0) is 85.3 Å². The Balaban J connectivity index is 0.990. The largest absolute Gasteiger partial charge is 0.457 e. The van der Waals surface area contributed by atoms with Gasteiger partial charge >= 0.3 is 0 Å². The average Bonchev–Trinajstić information content (AvgIpc) is 3.59. The van der Waals surface area contributed by atoms with Crippen molar-refractivity contribution < 1.29 is 4.74 Å². The smallest absolute Gasteiger partial charge is 0.160 e. The van der Waals surface area contributed by atoms with Gasteiger partial charge in [0.15, 0.2) is 5.82 Å². The van der Waals surface area contributed by atoms with E-state index in [1.165, 1.54) is 49.4 Å². The fourth-order valence-corrected chi connectivity index (χ4v) is 9.53. The van der Waals surface area contributed by atoms with Crippen LogP contribution < -0.4 is 4.74 Å². The monoisotopic (exact) mass is 738 g/mol. The predicted molar refractivity (Wildman–Crippen MR) is 236 cm³/mol. The van der Waals surface area contributed by atoms with Crippen LogP contribution in [0.4, 0.5) is 0 Å². The van der Waals surface area contributed by atoms with Crippen LogP contribution in [0.15, 0.2) is 206 Å². The molecular formula is C55H34N2O. The molecule has 3 heteroatoms. The molecule has 58 heavy (non-hydrogen) atoms. The van der Waals surface area contributed by atoms with E-state index in [2.05, 4.69) is 200 Å². The van der Waals surface area contributed by atoms with Crippen LogP contribution in [0.25, 0.3) is 77.7 Å². The Labute approximate surface area is 336 Å². The minimum Gasteiger partial charge on any atom is -0.457 e. The van der Waals surface area contributed by atoms with Crippen molar-refractivity contribution in [3.63, 3.8) is 0 Å². The summed E-state index contributed by atoms with van der Waals surface area (Å²) in [5.74, 6) is 2.42. The van der Waals surface area contributed by atoms with E-state index >= 15 is 0 Å². The molecule has 0 saturated heterocycles. The molecule has 0 fully saturated rings. The van der Waals surface area contributed by atoms with Gasteiger partial charge in [0.2, 0.25) is 0 Å². The average molecular weight is 739 g/mol. The van der Waals surface area contributed by atoms with Gasteiger partial charge in [-0.25, -0.2) is 9.97 Å². The molecule has 0 N–H and O–H groups in total. The highest BCUT2D eigenvalue weighted by Crippen LogP contribution is 2.62. The number of fused-ring (bicyclic) bond motifs is 12. The summed E-state index contributed by atoms with van der Waals surface area (Å²) in [6.07, 6.45) is 0. The molecule has 0 atom stereocenters. The summed E-state index contributed by atoms with van der Waals surface area (Å²) in [4.78, 5) is 10.4. The van der Waals surface area contributed by atoms with Gasteiger partial charge < -0.3 is 4.74 Å². The normalized spacial score (nSPS) is 13.1. The first-order chi connectivity index (χ1) is 28.7. The Morgan fingerprint density at radius 2 is 0.914 bits per heavy atom. The van der Waals surface area contributed by atoms with Gasteiger partial charge in [0, 0.05) is 27.8 Å². The van der Waals surface area contributed by atoms with Crippen molar-refractivity contribution >= 4 is 21.5 Å². The third-order valence-corrected chi connectivity index (χ3v) is 12.1. The zero-order chi connectivity index (χ0) is 38.2. The van der Waals surface area contributed by atoms with Crippen LogP contribution in [0.2, 0.25) is 0 Å². The van der Waals surface area contributed by atoms with E-state index in [0.29, 0.717) is 5.82 Å². The van der Waals surface area contributed by atoms with Crippen molar-refractivity contribution in [2.45, 2.75) is 5.41 Å². The summed E-state index contributed by atoms with van der Waals surface area (Å²) >= 11 is 0. The molecule has 10 aromatic rings. The summed E-state index contributed by atoms with van der Waals surface area (Å²) in [7, 11) is 0. The molecule has 0 saturated carbocycles. The molecular weight excluding hydrogens is 705 g/mol. The van der Waals surface area contributed by atoms with Gasteiger partial charge in [-0.15, -0.1) is 0 Å². The fraction of sp³-hybridized carbons (Fsp3) is 0.0182. The molecule has 12 rings (SSSR count). The molecule has 0 radical (unpaired) electrons. The van der Waals surface area contributed by atoms with E-state index in [9.17, 15) is 0 Å². The third kappa shape index (κ3) is 4.87. The number of hydrogen-bond acceptors (Lipinski definition) is 3. The van der Waals surface area contributed by atoms with Crippen LogP contribution in [0.5, 0.6) is 11.5 Å². The molecule has 1 spiro atoms. The molecule has 1 aliphatic carbocycles. The van der Waals surface area contributed by atoms with E-state index < -0.39 is 5.41 Å². The lowest BCUT2D eigenvalue weighted by Gasteiger charge is -2.39. The second-order valence-corrected chi connectivity index (χ2v) is 15.3. The standard InChI is InChI=1S/C55H34N2O/c1-2-14-36(15-3-1)50-34-51(40-27-29-43-39(32-40)26-25-35-13-4-5-18-42(35)43)57-54(56-50)41-17-12-16-37(31-41)38-28-30-49-53(33-38)58-52-24-11-10-23-48(52)55(49)46-21-8-6-19-44(46)45-20-7-9-22-47(45)55/h1-34H. The Kier molecular flexibility index (Phi) is 7.14. The van der Waals surface area contributed by atoms with Gasteiger partial charge in [-0.1, -0.05) is 176 Å². The number of aromatic nitrogens is 2. The van der Waals surface area contributed by atoms with Crippen molar-refractivity contribution in [1.29, 1.82) is 0 Å². The van der Waals surface area contributed by atoms with E-state index in [1.54, 1.807) is 0 Å².